The lowest BCUT2D eigenvalue weighted by Gasteiger charge is -2.24. The molecule has 0 aromatic heterocycles. The number of aryl methyl sites for hydroxylation is 2. The van der Waals surface area contributed by atoms with Crippen LogP contribution in [0.2, 0.25) is 5.02 Å². The Morgan fingerprint density at radius 2 is 1.85 bits per heavy atom. The van der Waals surface area contributed by atoms with Crippen LogP contribution in [-0.4, -0.2) is 32.0 Å². The van der Waals surface area contributed by atoms with Crippen LogP contribution in [0.1, 0.15) is 23.6 Å². The molecule has 0 aliphatic carbocycles. The molecule has 0 aliphatic heterocycles. The smallest absolute Gasteiger partial charge is 0.224 e. The Bertz CT molecular complexity index is 836. The van der Waals surface area contributed by atoms with Gasteiger partial charge < -0.3 is 15.0 Å². The number of halogens is 1. The minimum atomic E-state index is -0.136. The summed E-state index contributed by atoms with van der Waals surface area (Å²) in [5, 5.41) is 3.45. The van der Waals surface area contributed by atoms with Gasteiger partial charge in [0.1, 0.15) is 5.75 Å². The summed E-state index contributed by atoms with van der Waals surface area (Å²) in [6.07, 6.45) is 0.316. The van der Waals surface area contributed by atoms with Crippen molar-refractivity contribution < 1.29 is 14.3 Å². The highest BCUT2D eigenvalue weighted by Gasteiger charge is 2.18. The topological polar surface area (TPSA) is 58.6 Å². The normalized spacial score (nSPS) is 10.4. The van der Waals surface area contributed by atoms with Crippen molar-refractivity contribution in [3.05, 3.63) is 58.1 Å². The molecule has 27 heavy (non-hydrogen) atoms. The first-order valence-corrected chi connectivity index (χ1v) is 9.14. The molecule has 0 saturated heterocycles. The van der Waals surface area contributed by atoms with Crippen LogP contribution in [-0.2, 0) is 16.0 Å². The molecule has 2 aromatic carbocycles. The number of methoxy groups -OCH3 is 1. The molecule has 0 atom stereocenters. The van der Waals surface area contributed by atoms with E-state index in [9.17, 15) is 9.59 Å². The summed E-state index contributed by atoms with van der Waals surface area (Å²) in [4.78, 5) is 25.9. The van der Waals surface area contributed by atoms with E-state index in [4.69, 9.17) is 16.3 Å². The maximum absolute atomic E-state index is 12.2. The van der Waals surface area contributed by atoms with Crippen molar-refractivity contribution in [2.75, 3.05) is 25.1 Å². The third kappa shape index (κ3) is 5.47. The molecule has 144 valence electrons. The van der Waals surface area contributed by atoms with Gasteiger partial charge >= 0.3 is 0 Å². The van der Waals surface area contributed by atoms with E-state index in [1.54, 1.807) is 11.0 Å². The molecule has 0 fully saturated rings. The molecule has 0 spiro atoms. The lowest BCUT2D eigenvalue weighted by molar-refractivity contribution is -0.121. The van der Waals surface area contributed by atoms with Crippen LogP contribution >= 0.6 is 11.6 Å². The Morgan fingerprint density at radius 3 is 2.48 bits per heavy atom. The van der Waals surface area contributed by atoms with Gasteiger partial charge in [0, 0.05) is 31.1 Å². The van der Waals surface area contributed by atoms with Crippen molar-refractivity contribution in [3.8, 4) is 5.75 Å². The molecular formula is C21H25ClN2O3. The van der Waals surface area contributed by atoms with Crippen LogP contribution in [0.4, 0.5) is 5.69 Å². The molecule has 2 amide bonds. The van der Waals surface area contributed by atoms with E-state index >= 15 is 0 Å². The van der Waals surface area contributed by atoms with Crippen molar-refractivity contribution in [1.29, 1.82) is 0 Å². The summed E-state index contributed by atoms with van der Waals surface area (Å²) in [6.45, 7) is 6.02. The van der Waals surface area contributed by atoms with Gasteiger partial charge in [0.15, 0.2) is 0 Å². The fourth-order valence-corrected chi connectivity index (χ4v) is 2.97. The Labute approximate surface area is 165 Å². The average Bonchev–Trinajstić information content (AvgIpc) is 2.62. The predicted molar refractivity (Wildman–Crippen MR) is 109 cm³/mol. The first kappa shape index (κ1) is 20.8. The molecule has 5 nitrogen and oxygen atoms in total. The van der Waals surface area contributed by atoms with Crippen LogP contribution in [0.25, 0.3) is 0 Å². The van der Waals surface area contributed by atoms with E-state index in [0.29, 0.717) is 36.0 Å². The second kappa shape index (κ2) is 9.42. The van der Waals surface area contributed by atoms with Gasteiger partial charge in [-0.2, -0.15) is 0 Å². The highest BCUT2D eigenvalue weighted by atomic mass is 35.5. The number of hydrogen-bond donors (Lipinski definition) is 1. The Morgan fingerprint density at radius 1 is 1.15 bits per heavy atom. The van der Waals surface area contributed by atoms with Gasteiger partial charge in [0.2, 0.25) is 11.8 Å². The van der Waals surface area contributed by atoms with E-state index in [2.05, 4.69) is 5.32 Å². The van der Waals surface area contributed by atoms with E-state index in [1.807, 2.05) is 44.2 Å². The summed E-state index contributed by atoms with van der Waals surface area (Å²) in [5.74, 6) is 0.308. The van der Waals surface area contributed by atoms with E-state index in [-0.39, 0.29) is 11.8 Å². The summed E-state index contributed by atoms with van der Waals surface area (Å²) in [7, 11) is 1.53. The Kier molecular flexibility index (Phi) is 7.25. The number of carbonyl (C=O) groups is 2. The van der Waals surface area contributed by atoms with Gasteiger partial charge in [-0.25, -0.2) is 0 Å². The molecule has 0 aliphatic rings. The zero-order chi connectivity index (χ0) is 20.0. The molecule has 0 radical (unpaired) electrons. The SMILES string of the molecule is COc1cc(Cl)c(C)cc1N(CCNC(=O)Cc1ccccc1C)C(C)=O. The monoisotopic (exact) mass is 388 g/mol. The number of nitrogens with zero attached hydrogens (tertiary/aromatic N) is 1. The number of anilines is 1. The fourth-order valence-electron chi connectivity index (χ4n) is 2.82. The second-order valence-corrected chi connectivity index (χ2v) is 6.80. The number of amides is 2. The van der Waals surface area contributed by atoms with Gasteiger partial charge in [-0.3, -0.25) is 9.59 Å². The van der Waals surface area contributed by atoms with E-state index in [0.717, 1.165) is 16.7 Å². The summed E-state index contributed by atoms with van der Waals surface area (Å²) < 4.78 is 5.37. The third-order valence-corrected chi connectivity index (χ3v) is 4.81. The largest absolute Gasteiger partial charge is 0.495 e. The van der Waals surface area contributed by atoms with Crippen molar-refractivity contribution in [2.45, 2.75) is 27.2 Å². The lowest BCUT2D eigenvalue weighted by atomic mass is 10.1. The molecule has 0 bridgehead atoms. The minimum absolute atomic E-state index is 0.0768. The number of ether oxygens (including phenoxy) is 1. The molecule has 2 aromatic rings. The highest BCUT2D eigenvalue weighted by Crippen LogP contribution is 2.33. The van der Waals surface area contributed by atoms with Crippen molar-refractivity contribution in [3.63, 3.8) is 0 Å². The van der Waals surface area contributed by atoms with Gasteiger partial charge in [-0.15, -0.1) is 0 Å². The zero-order valence-electron chi connectivity index (χ0n) is 16.1. The summed E-state index contributed by atoms with van der Waals surface area (Å²) >= 11 is 6.14. The molecule has 1 N–H and O–H groups in total. The maximum atomic E-state index is 12.2. The zero-order valence-corrected chi connectivity index (χ0v) is 16.9. The van der Waals surface area contributed by atoms with Crippen molar-refractivity contribution in [2.24, 2.45) is 0 Å². The van der Waals surface area contributed by atoms with E-state index in [1.165, 1.54) is 14.0 Å². The first-order valence-electron chi connectivity index (χ1n) is 8.77. The van der Waals surface area contributed by atoms with Gasteiger partial charge in [0.25, 0.3) is 0 Å². The van der Waals surface area contributed by atoms with E-state index < -0.39 is 0 Å². The molecule has 0 saturated carbocycles. The number of carbonyl (C=O) groups excluding carboxylic acids is 2. The van der Waals surface area contributed by atoms with Crippen LogP contribution in [0.15, 0.2) is 36.4 Å². The van der Waals surface area contributed by atoms with Crippen LogP contribution < -0.4 is 15.0 Å². The van der Waals surface area contributed by atoms with Crippen LogP contribution in [0.3, 0.4) is 0 Å². The molecular weight excluding hydrogens is 364 g/mol. The molecule has 0 unspecified atom stereocenters. The number of hydrogen-bond acceptors (Lipinski definition) is 3. The first-order chi connectivity index (χ1) is 12.8. The minimum Gasteiger partial charge on any atom is -0.495 e. The quantitative estimate of drug-likeness (QED) is 0.787. The summed E-state index contributed by atoms with van der Waals surface area (Å²) in [5.41, 5.74) is 3.56. The second-order valence-electron chi connectivity index (χ2n) is 6.40. The van der Waals surface area contributed by atoms with Gasteiger partial charge in [-0.05, 0) is 36.6 Å². The molecule has 0 heterocycles. The molecule has 2 rings (SSSR count). The Balaban J connectivity index is 2.03. The van der Waals surface area contributed by atoms with Gasteiger partial charge in [-0.1, -0.05) is 35.9 Å². The maximum Gasteiger partial charge on any atom is 0.224 e. The van der Waals surface area contributed by atoms with Crippen molar-refractivity contribution in [1.82, 2.24) is 5.32 Å². The van der Waals surface area contributed by atoms with Crippen LogP contribution in [0.5, 0.6) is 5.75 Å². The third-order valence-electron chi connectivity index (χ3n) is 4.40. The standard InChI is InChI=1S/C21H25ClN2O3/c1-14-7-5-6-8-17(14)12-21(26)23-9-10-24(16(3)25)19-11-15(2)18(22)13-20(19)27-4/h5-8,11,13H,9-10,12H2,1-4H3,(H,23,26). The van der Waals surface area contributed by atoms with Gasteiger partial charge in [0.05, 0.1) is 19.2 Å². The number of rotatable bonds is 7. The fraction of sp³-hybridized carbons (Fsp3) is 0.333. The number of nitrogens with one attached hydrogen (secondary N) is 1. The predicted octanol–water partition coefficient (Wildman–Crippen LogP) is 3.68. The number of benzene rings is 2. The summed E-state index contributed by atoms with van der Waals surface area (Å²) in [6, 6.07) is 11.3. The average molecular weight is 389 g/mol. The molecule has 6 heteroatoms. The Hall–Kier alpha value is -2.53. The highest BCUT2D eigenvalue weighted by molar-refractivity contribution is 6.31. The van der Waals surface area contributed by atoms with Crippen LogP contribution in [0, 0.1) is 13.8 Å². The lowest BCUT2D eigenvalue weighted by Crippen LogP contribution is -2.38. The van der Waals surface area contributed by atoms with Crippen molar-refractivity contribution >= 4 is 29.1 Å².